The van der Waals surface area contributed by atoms with Gasteiger partial charge in [-0.3, -0.25) is 4.79 Å². The van der Waals surface area contributed by atoms with Gasteiger partial charge in [0.25, 0.3) is 0 Å². The molecule has 2 aromatic carbocycles. The summed E-state index contributed by atoms with van der Waals surface area (Å²) in [4.78, 5) is 13.4. The Morgan fingerprint density at radius 1 is 1.00 bits per heavy atom. The number of ketones is 1. The molecule has 0 bridgehead atoms. The highest BCUT2D eigenvalue weighted by Gasteiger charge is 2.38. The van der Waals surface area contributed by atoms with Crippen molar-refractivity contribution in [3.63, 3.8) is 0 Å². The van der Waals surface area contributed by atoms with Crippen molar-refractivity contribution < 1.29 is 40.7 Å². The molecule has 0 saturated heterocycles. The Bertz CT molecular complexity index is 1140. The fourth-order valence-corrected chi connectivity index (χ4v) is 3.92. The number of aliphatic hydroxyl groups is 1. The van der Waals surface area contributed by atoms with Crippen molar-refractivity contribution in [1.29, 1.82) is 0 Å². The summed E-state index contributed by atoms with van der Waals surface area (Å²) < 4.78 is 86.9. The van der Waals surface area contributed by atoms with Crippen molar-refractivity contribution in [2.24, 2.45) is 0 Å². The van der Waals surface area contributed by atoms with Crippen LogP contribution in [0.3, 0.4) is 0 Å². The standard InChI is InChI=1S/C24H21F6NO3S/c1-35-13-18-9-8-17(34-18)12-31(14-23(25,26)27)16-7-10-19(20(11-16)24(28,29)30)22(33)21(32)15-5-3-2-4-6-15/h2-11,21,32H,12-14H2,1H3. The first-order valence-corrected chi connectivity index (χ1v) is 11.6. The lowest BCUT2D eigenvalue weighted by Gasteiger charge is -2.26. The summed E-state index contributed by atoms with van der Waals surface area (Å²) in [5.41, 5.74) is -2.59. The van der Waals surface area contributed by atoms with E-state index in [9.17, 15) is 36.2 Å². The zero-order chi connectivity index (χ0) is 25.8. The molecule has 0 aliphatic carbocycles. The number of rotatable bonds is 9. The van der Waals surface area contributed by atoms with Crippen LogP contribution < -0.4 is 4.90 Å². The van der Waals surface area contributed by atoms with Gasteiger partial charge >= 0.3 is 12.4 Å². The van der Waals surface area contributed by atoms with Gasteiger partial charge in [0.2, 0.25) is 0 Å². The molecule has 1 unspecified atom stereocenters. The third kappa shape index (κ3) is 7.04. The lowest BCUT2D eigenvalue weighted by atomic mass is 9.95. The average molecular weight is 517 g/mol. The van der Waals surface area contributed by atoms with Crippen LogP contribution in [0, 0.1) is 0 Å². The smallest absolute Gasteiger partial charge is 0.417 e. The average Bonchev–Trinajstić information content (AvgIpc) is 3.23. The molecule has 1 aromatic heterocycles. The quantitative estimate of drug-likeness (QED) is 0.255. The second kappa shape index (κ2) is 10.8. The van der Waals surface area contributed by atoms with E-state index in [1.165, 1.54) is 42.1 Å². The number of hydrogen-bond acceptors (Lipinski definition) is 5. The van der Waals surface area contributed by atoms with Crippen LogP contribution in [-0.4, -0.2) is 29.9 Å². The third-order valence-electron chi connectivity index (χ3n) is 5.02. The molecule has 0 fully saturated rings. The number of carbonyl (C=O) groups is 1. The summed E-state index contributed by atoms with van der Waals surface area (Å²) in [5, 5.41) is 10.3. The molecule has 0 radical (unpaired) electrons. The van der Waals surface area contributed by atoms with Crippen LogP contribution in [0.25, 0.3) is 0 Å². The van der Waals surface area contributed by atoms with Crippen LogP contribution in [0.4, 0.5) is 32.0 Å². The number of nitrogens with zero attached hydrogens (tertiary/aromatic N) is 1. The third-order valence-corrected chi connectivity index (χ3v) is 5.60. The van der Waals surface area contributed by atoms with Crippen molar-refractivity contribution in [2.45, 2.75) is 30.8 Å². The first-order chi connectivity index (χ1) is 16.4. The number of Topliss-reactive ketones (excluding diaryl/α,β-unsaturated/α-hetero) is 1. The first-order valence-electron chi connectivity index (χ1n) is 10.3. The number of carbonyl (C=O) groups excluding carboxylic acids is 1. The highest BCUT2D eigenvalue weighted by Crippen LogP contribution is 2.37. The minimum atomic E-state index is -5.06. The minimum absolute atomic E-state index is 0.0901. The fraction of sp³-hybridized carbons (Fsp3) is 0.292. The molecule has 0 saturated carbocycles. The van der Waals surface area contributed by atoms with Crippen molar-refractivity contribution in [3.8, 4) is 0 Å². The van der Waals surface area contributed by atoms with Crippen LogP contribution in [0.1, 0.15) is 39.1 Å². The molecule has 3 aromatic rings. The molecule has 0 aliphatic heterocycles. The molecule has 1 atom stereocenters. The number of thioether (sulfide) groups is 1. The van der Waals surface area contributed by atoms with Crippen LogP contribution in [-0.2, 0) is 18.5 Å². The van der Waals surface area contributed by atoms with Crippen molar-refractivity contribution in [2.75, 3.05) is 17.7 Å². The van der Waals surface area contributed by atoms with Gasteiger partial charge in [-0.2, -0.15) is 38.1 Å². The Labute approximate surface area is 201 Å². The Balaban J connectivity index is 2.00. The van der Waals surface area contributed by atoms with Crippen LogP contribution >= 0.6 is 11.8 Å². The number of benzene rings is 2. The van der Waals surface area contributed by atoms with Crippen LogP contribution in [0.5, 0.6) is 0 Å². The summed E-state index contributed by atoms with van der Waals surface area (Å²) in [6.07, 6.45) is -9.83. The highest BCUT2D eigenvalue weighted by atomic mass is 32.2. The zero-order valence-corrected chi connectivity index (χ0v) is 19.2. The number of furan rings is 1. The van der Waals surface area contributed by atoms with E-state index in [1.807, 2.05) is 6.26 Å². The highest BCUT2D eigenvalue weighted by molar-refractivity contribution is 7.97. The molecule has 188 valence electrons. The Kier molecular flexibility index (Phi) is 8.22. The van der Waals surface area contributed by atoms with E-state index in [1.54, 1.807) is 12.1 Å². The maximum absolute atomic E-state index is 13.9. The number of alkyl halides is 6. The minimum Gasteiger partial charge on any atom is -0.463 e. The monoisotopic (exact) mass is 517 g/mol. The summed E-state index contributed by atoms with van der Waals surface area (Å²) in [6, 6.07) is 12.7. The Hall–Kier alpha value is -2.92. The fourth-order valence-electron chi connectivity index (χ4n) is 3.48. The van der Waals surface area contributed by atoms with E-state index >= 15 is 0 Å². The molecule has 0 amide bonds. The predicted molar refractivity (Wildman–Crippen MR) is 120 cm³/mol. The SMILES string of the molecule is CSCc1ccc(CN(CC(F)(F)F)c2ccc(C(=O)C(O)c3ccccc3)c(C(F)(F)F)c2)o1. The maximum Gasteiger partial charge on any atom is 0.417 e. The topological polar surface area (TPSA) is 53.7 Å². The second-order valence-electron chi connectivity index (χ2n) is 7.68. The molecule has 4 nitrogen and oxygen atoms in total. The largest absolute Gasteiger partial charge is 0.463 e. The molecule has 3 rings (SSSR count). The molecule has 35 heavy (non-hydrogen) atoms. The molecule has 1 N–H and O–H groups in total. The van der Waals surface area contributed by atoms with E-state index in [4.69, 9.17) is 4.42 Å². The van der Waals surface area contributed by atoms with Gasteiger partial charge in [-0.05, 0) is 42.2 Å². The molecule has 0 aliphatic rings. The van der Waals surface area contributed by atoms with Crippen molar-refractivity contribution >= 4 is 23.2 Å². The predicted octanol–water partition coefficient (Wildman–Crippen LogP) is 6.65. The van der Waals surface area contributed by atoms with Crippen LogP contribution in [0.15, 0.2) is 65.1 Å². The van der Waals surface area contributed by atoms with Gasteiger partial charge in [-0.15, -0.1) is 0 Å². The molecular weight excluding hydrogens is 496 g/mol. The van der Waals surface area contributed by atoms with E-state index in [0.29, 0.717) is 22.5 Å². The number of hydrogen-bond donors (Lipinski definition) is 1. The number of halogens is 6. The zero-order valence-electron chi connectivity index (χ0n) is 18.4. The van der Waals surface area contributed by atoms with Gasteiger partial charge in [0, 0.05) is 11.3 Å². The Morgan fingerprint density at radius 2 is 1.66 bits per heavy atom. The normalized spacial score (nSPS) is 13.0. The van der Waals surface area contributed by atoms with Gasteiger partial charge in [-0.25, -0.2) is 0 Å². The van der Waals surface area contributed by atoms with Gasteiger partial charge < -0.3 is 14.4 Å². The summed E-state index contributed by atoms with van der Waals surface area (Å²) >= 11 is 1.44. The van der Waals surface area contributed by atoms with Gasteiger partial charge in [0.1, 0.15) is 24.2 Å². The van der Waals surface area contributed by atoms with Crippen LogP contribution in [0.2, 0.25) is 0 Å². The maximum atomic E-state index is 13.9. The van der Waals surface area contributed by atoms with E-state index in [0.717, 1.165) is 12.1 Å². The number of aliphatic hydroxyl groups excluding tert-OH is 1. The van der Waals surface area contributed by atoms with E-state index in [2.05, 4.69) is 0 Å². The first kappa shape index (κ1) is 26.7. The number of anilines is 1. The molecule has 0 spiro atoms. The van der Waals surface area contributed by atoms with Crippen molar-refractivity contribution in [1.82, 2.24) is 0 Å². The lowest BCUT2D eigenvalue weighted by molar-refractivity contribution is -0.137. The summed E-state index contributed by atoms with van der Waals surface area (Å²) in [7, 11) is 0. The van der Waals surface area contributed by atoms with Crippen molar-refractivity contribution in [3.05, 3.63) is 88.9 Å². The summed E-state index contributed by atoms with van der Waals surface area (Å²) in [5.74, 6) is -0.0686. The van der Waals surface area contributed by atoms with E-state index < -0.39 is 54.1 Å². The molecule has 1 heterocycles. The lowest BCUT2D eigenvalue weighted by Crippen LogP contribution is -2.34. The van der Waals surface area contributed by atoms with E-state index in [-0.39, 0.29) is 11.3 Å². The van der Waals surface area contributed by atoms with Gasteiger partial charge in [0.15, 0.2) is 5.78 Å². The van der Waals surface area contributed by atoms with Gasteiger partial charge in [-0.1, -0.05) is 30.3 Å². The summed E-state index contributed by atoms with van der Waals surface area (Å²) in [6.45, 7) is -1.98. The molecule has 11 heteroatoms. The van der Waals surface area contributed by atoms with Gasteiger partial charge in [0.05, 0.1) is 17.9 Å². The second-order valence-corrected chi connectivity index (χ2v) is 8.54. The molecular formula is C24H21F6NO3S. The Morgan fingerprint density at radius 3 is 2.26 bits per heavy atom.